The van der Waals surface area contributed by atoms with Gasteiger partial charge in [-0.05, 0) is 62.0 Å². The van der Waals surface area contributed by atoms with Crippen LogP contribution in [0.3, 0.4) is 0 Å². The maximum Gasteiger partial charge on any atom is 0.257 e. The number of hydrogen-bond donors (Lipinski definition) is 1. The van der Waals surface area contributed by atoms with Crippen molar-refractivity contribution in [3.8, 4) is 5.69 Å². The molecule has 24 heavy (non-hydrogen) atoms. The Morgan fingerprint density at radius 2 is 1.79 bits per heavy atom. The Hall–Kier alpha value is -1.85. The smallest absolute Gasteiger partial charge is 0.257 e. The molecule has 0 spiro atoms. The monoisotopic (exact) mass is 344 g/mol. The summed E-state index contributed by atoms with van der Waals surface area (Å²) in [6.45, 7) is 3.88. The second-order valence-corrected chi connectivity index (χ2v) is 7.13. The van der Waals surface area contributed by atoms with Gasteiger partial charge in [-0.3, -0.25) is 4.79 Å². The van der Waals surface area contributed by atoms with E-state index in [2.05, 4.69) is 10.4 Å². The molecule has 1 aromatic heterocycles. The Morgan fingerprint density at radius 1 is 1.12 bits per heavy atom. The van der Waals surface area contributed by atoms with Gasteiger partial charge in [0.1, 0.15) is 0 Å². The average Bonchev–Trinajstić information content (AvgIpc) is 3.21. The van der Waals surface area contributed by atoms with Crippen molar-refractivity contribution in [3.63, 3.8) is 0 Å². The number of likely N-dealkylation sites (tertiary alicyclic amines) is 1. The van der Waals surface area contributed by atoms with E-state index in [-0.39, 0.29) is 5.91 Å². The van der Waals surface area contributed by atoms with Crippen LogP contribution in [0.1, 0.15) is 23.2 Å². The second-order valence-electron chi connectivity index (χ2n) is 6.70. The molecule has 6 heteroatoms. The molecule has 2 aromatic rings. The zero-order chi connectivity index (χ0) is 16.5. The molecule has 5 nitrogen and oxygen atoms in total. The van der Waals surface area contributed by atoms with E-state index < -0.39 is 0 Å². The number of rotatable bonds is 2. The lowest BCUT2D eigenvalue weighted by Gasteiger charge is -2.20. The van der Waals surface area contributed by atoms with Crippen LogP contribution >= 0.6 is 11.6 Å². The van der Waals surface area contributed by atoms with Gasteiger partial charge < -0.3 is 10.2 Å². The predicted molar refractivity (Wildman–Crippen MR) is 93.6 cm³/mol. The van der Waals surface area contributed by atoms with Crippen molar-refractivity contribution >= 4 is 17.5 Å². The summed E-state index contributed by atoms with van der Waals surface area (Å²) in [6.07, 6.45) is 5.65. The van der Waals surface area contributed by atoms with Gasteiger partial charge in [-0.2, -0.15) is 5.10 Å². The second kappa shape index (κ2) is 6.57. The van der Waals surface area contributed by atoms with Crippen molar-refractivity contribution in [1.82, 2.24) is 20.0 Å². The van der Waals surface area contributed by atoms with E-state index in [0.717, 1.165) is 56.5 Å². The molecule has 0 bridgehead atoms. The molecule has 4 rings (SSSR count). The number of nitrogens with one attached hydrogen (secondary N) is 1. The Bertz CT molecular complexity index is 713. The molecule has 126 valence electrons. The van der Waals surface area contributed by atoms with Crippen molar-refractivity contribution in [2.75, 3.05) is 26.2 Å². The molecular formula is C18H21ClN4O. The fourth-order valence-electron chi connectivity index (χ4n) is 3.77. The summed E-state index contributed by atoms with van der Waals surface area (Å²) in [6, 6.07) is 7.43. The largest absolute Gasteiger partial charge is 0.339 e. The fourth-order valence-corrected chi connectivity index (χ4v) is 3.90. The van der Waals surface area contributed by atoms with Crippen LogP contribution in [0.5, 0.6) is 0 Å². The van der Waals surface area contributed by atoms with E-state index in [1.807, 2.05) is 29.2 Å². The quantitative estimate of drug-likeness (QED) is 0.911. The number of fused-ring (bicyclic) bond motifs is 1. The minimum Gasteiger partial charge on any atom is -0.339 e. The Morgan fingerprint density at radius 3 is 2.46 bits per heavy atom. The maximum absolute atomic E-state index is 12.8. The van der Waals surface area contributed by atoms with E-state index in [4.69, 9.17) is 11.6 Å². The summed E-state index contributed by atoms with van der Waals surface area (Å²) in [7, 11) is 0. The molecule has 2 aliphatic rings. The number of amides is 1. The number of benzene rings is 1. The van der Waals surface area contributed by atoms with Crippen molar-refractivity contribution in [2.45, 2.75) is 12.8 Å². The first-order valence-corrected chi connectivity index (χ1v) is 8.89. The van der Waals surface area contributed by atoms with Gasteiger partial charge in [-0.15, -0.1) is 0 Å². The van der Waals surface area contributed by atoms with E-state index in [0.29, 0.717) is 10.6 Å². The normalized spacial score (nSPS) is 23.8. The van der Waals surface area contributed by atoms with E-state index >= 15 is 0 Å². The van der Waals surface area contributed by atoms with Crippen LogP contribution in [-0.4, -0.2) is 46.8 Å². The van der Waals surface area contributed by atoms with Crippen molar-refractivity contribution in [1.29, 1.82) is 0 Å². The van der Waals surface area contributed by atoms with Crippen molar-refractivity contribution in [3.05, 3.63) is 47.2 Å². The molecule has 2 fully saturated rings. The van der Waals surface area contributed by atoms with Gasteiger partial charge in [-0.1, -0.05) is 11.6 Å². The van der Waals surface area contributed by atoms with Crippen molar-refractivity contribution in [2.24, 2.45) is 11.8 Å². The van der Waals surface area contributed by atoms with Crippen LogP contribution in [0.2, 0.25) is 5.02 Å². The third kappa shape index (κ3) is 3.06. The molecule has 2 saturated heterocycles. The van der Waals surface area contributed by atoms with E-state index in [9.17, 15) is 4.79 Å². The molecule has 2 atom stereocenters. The molecular weight excluding hydrogens is 324 g/mol. The first-order valence-electron chi connectivity index (χ1n) is 8.51. The van der Waals surface area contributed by atoms with Gasteiger partial charge in [0.2, 0.25) is 0 Å². The van der Waals surface area contributed by atoms with Crippen LogP contribution in [0.4, 0.5) is 0 Å². The molecule has 0 unspecified atom stereocenters. The van der Waals surface area contributed by atoms with Gasteiger partial charge in [0.25, 0.3) is 5.91 Å². The summed E-state index contributed by atoms with van der Waals surface area (Å²) in [4.78, 5) is 14.8. The summed E-state index contributed by atoms with van der Waals surface area (Å²) in [5.74, 6) is 1.53. The van der Waals surface area contributed by atoms with Crippen LogP contribution in [0.25, 0.3) is 5.69 Å². The lowest BCUT2D eigenvalue weighted by Crippen LogP contribution is -2.32. The summed E-state index contributed by atoms with van der Waals surface area (Å²) < 4.78 is 1.72. The fraction of sp³-hybridized carbons (Fsp3) is 0.444. The number of aromatic nitrogens is 2. The average molecular weight is 345 g/mol. The first-order chi connectivity index (χ1) is 11.7. The minimum absolute atomic E-state index is 0.0862. The molecule has 1 amide bonds. The molecule has 0 radical (unpaired) electrons. The van der Waals surface area contributed by atoms with Crippen LogP contribution in [0, 0.1) is 11.8 Å². The molecule has 3 heterocycles. The lowest BCUT2D eigenvalue weighted by atomic mass is 9.92. The van der Waals surface area contributed by atoms with Gasteiger partial charge in [-0.25, -0.2) is 4.68 Å². The number of halogens is 1. The van der Waals surface area contributed by atoms with Gasteiger partial charge in [0.15, 0.2) is 0 Å². The highest BCUT2D eigenvalue weighted by Gasteiger charge is 2.31. The topological polar surface area (TPSA) is 50.2 Å². The molecule has 1 aromatic carbocycles. The highest BCUT2D eigenvalue weighted by molar-refractivity contribution is 6.30. The van der Waals surface area contributed by atoms with Gasteiger partial charge in [0.05, 0.1) is 17.4 Å². The molecule has 1 N–H and O–H groups in total. The number of carbonyl (C=O) groups is 1. The minimum atomic E-state index is 0.0862. The Kier molecular flexibility index (Phi) is 4.29. The zero-order valence-corrected chi connectivity index (χ0v) is 14.2. The van der Waals surface area contributed by atoms with E-state index in [1.54, 1.807) is 17.1 Å². The van der Waals surface area contributed by atoms with Crippen molar-refractivity contribution < 1.29 is 4.79 Å². The summed E-state index contributed by atoms with van der Waals surface area (Å²) in [5, 5.41) is 8.48. The zero-order valence-electron chi connectivity index (χ0n) is 13.5. The molecule has 0 saturated carbocycles. The van der Waals surface area contributed by atoms with Crippen LogP contribution in [-0.2, 0) is 0 Å². The van der Waals surface area contributed by atoms with E-state index in [1.165, 1.54) is 0 Å². The third-order valence-corrected chi connectivity index (χ3v) is 5.48. The number of hydrogen-bond acceptors (Lipinski definition) is 3. The van der Waals surface area contributed by atoms with Crippen LogP contribution in [0.15, 0.2) is 36.7 Å². The summed E-state index contributed by atoms with van der Waals surface area (Å²) in [5.41, 5.74) is 1.55. The third-order valence-electron chi connectivity index (χ3n) is 5.23. The SMILES string of the molecule is O=C(c1cnn(-c2ccc(Cl)cc2)c1)N1CC[C@@H]2CNC[C@@H]2CC1. The standard InChI is InChI=1S/C18H21ClN4O/c19-16-1-3-17(4-2-16)23-12-15(11-21-23)18(24)22-7-5-13-9-20-10-14(13)6-8-22/h1-4,11-14,20H,5-10H2/t13-,14+. The first kappa shape index (κ1) is 15.7. The Labute approximate surface area is 146 Å². The highest BCUT2D eigenvalue weighted by atomic mass is 35.5. The van der Waals surface area contributed by atoms with Crippen LogP contribution < -0.4 is 5.32 Å². The van der Waals surface area contributed by atoms with Gasteiger partial charge >= 0.3 is 0 Å². The summed E-state index contributed by atoms with van der Waals surface area (Å²) >= 11 is 5.92. The Balaban J connectivity index is 1.47. The molecule has 0 aliphatic carbocycles. The number of nitrogens with zero attached hydrogens (tertiary/aromatic N) is 3. The van der Waals surface area contributed by atoms with Gasteiger partial charge in [0, 0.05) is 24.3 Å². The molecule has 2 aliphatic heterocycles. The highest BCUT2D eigenvalue weighted by Crippen LogP contribution is 2.27. The maximum atomic E-state index is 12.8. The lowest BCUT2D eigenvalue weighted by molar-refractivity contribution is 0.0758. The number of carbonyl (C=O) groups excluding carboxylic acids is 1. The predicted octanol–water partition coefficient (Wildman–Crippen LogP) is 2.60.